The molecule has 1 fully saturated rings. The first-order valence-corrected chi connectivity index (χ1v) is 9.22. The maximum absolute atomic E-state index is 13.6. The Kier molecular flexibility index (Phi) is 4.94. The van der Waals surface area contributed by atoms with Crippen molar-refractivity contribution in [1.29, 1.82) is 0 Å². The normalized spacial score (nSPS) is 23.4. The van der Waals surface area contributed by atoms with Crippen LogP contribution in [-0.4, -0.2) is 36.7 Å². The molecule has 0 saturated carbocycles. The topological polar surface area (TPSA) is 72.4 Å². The number of carbonyl (C=O) groups excluding carboxylic acids is 1. The fraction of sp³-hybridized carbons (Fsp3) is 0.400. The van der Waals surface area contributed by atoms with Crippen LogP contribution >= 0.6 is 0 Å². The molecule has 3 atom stereocenters. The first-order chi connectivity index (χ1) is 13.1. The molecule has 3 heterocycles. The highest BCUT2D eigenvalue weighted by molar-refractivity contribution is 5.81. The maximum atomic E-state index is 13.6. The summed E-state index contributed by atoms with van der Waals surface area (Å²) >= 11 is 0. The third-order valence-corrected chi connectivity index (χ3v) is 5.31. The highest BCUT2D eigenvalue weighted by atomic mass is 19.1. The van der Waals surface area contributed by atoms with E-state index in [1.807, 2.05) is 6.07 Å². The van der Waals surface area contributed by atoms with Crippen LogP contribution in [0.15, 0.2) is 47.3 Å². The number of hydrogen-bond acceptors (Lipinski definition) is 4. The van der Waals surface area contributed by atoms with Gasteiger partial charge in [0.25, 0.3) is 5.56 Å². The molecule has 1 aromatic heterocycles. The van der Waals surface area contributed by atoms with Crippen LogP contribution in [0.4, 0.5) is 4.39 Å². The molecule has 2 aliphatic rings. The van der Waals surface area contributed by atoms with Crippen molar-refractivity contribution in [1.82, 2.24) is 15.2 Å². The average Bonchev–Trinajstić information content (AvgIpc) is 2.68. The summed E-state index contributed by atoms with van der Waals surface area (Å²) in [4.78, 5) is 25.3. The molecule has 1 amide bonds. The van der Waals surface area contributed by atoms with Crippen molar-refractivity contribution in [2.24, 2.45) is 5.92 Å². The van der Waals surface area contributed by atoms with E-state index in [4.69, 9.17) is 4.74 Å². The van der Waals surface area contributed by atoms with Crippen LogP contribution in [0.1, 0.15) is 24.1 Å². The number of benzene rings is 1. The summed E-state index contributed by atoms with van der Waals surface area (Å²) < 4.78 is 20.6. The van der Waals surface area contributed by atoms with Crippen LogP contribution in [0.2, 0.25) is 0 Å². The number of fused-ring (bicyclic) bond motifs is 4. The Morgan fingerprint density at radius 2 is 2.07 bits per heavy atom. The quantitative estimate of drug-likeness (QED) is 0.780. The Balaban J connectivity index is 1.45. The SMILES string of the molecule is O=C(NCCOc1ccccc1F)[C@H]1[C@@H]2CNC[C@@H](C2)c2cccc(=O)n21. The predicted molar refractivity (Wildman–Crippen MR) is 98.4 cm³/mol. The van der Waals surface area contributed by atoms with E-state index < -0.39 is 11.9 Å². The van der Waals surface area contributed by atoms with E-state index in [9.17, 15) is 14.0 Å². The van der Waals surface area contributed by atoms with Crippen LogP contribution in [-0.2, 0) is 4.79 Å². The number of para-hydroxylation sites is 1. The third kappa shape index (κ3) is 3.47. The van der Waals surface area contributed by atoms with Gasteiger partial charge in [0.15, 0.2) is 11.6 Å². The van der Waals surface area contributed by atoms with Gasteiger partial charge in [0.1, 0.15) is 12.6 Å². The van der Waals surface area contributed by atoms with Gasteiger partial charge in [-0.3, -0.25) is 14.2 Å². The molecular weight excluding hydrogens is 349 g/mol. The molecule has 4 rings (SSSR count). The number of aromatic nitrogens is 1. The number of carbonyl (C=O) groups is 1. The van der Waals surface area contributed by atoms with Crippen LogP contribution in [0.25, 0.3) is 0 Å². The fourth-order valence-electron chi connectivity index (χ4n) is 4.13. The van der Waals surface area contributed by atoms with Crippen LogP contribution in [0.5, 0.6) is 5.75 Å². The van der Waals surface area contributed by atoms with Gasteiger partial charge in [0.2, 0.25) is 5.91 Å². The Morgan fingerprint density at radius 1 is 1.22 bits per heavy atom. The van der Waals surface area contributed by atoms with E-state index in [1.54, 1.807) is 28.8 Å². The molecule has 0 unspecified atom stereocenters. The van der Waals surface area contributed by atoms with Crippen molar-refractivity contribution in [2.45, 2.75) is 18.4 Å². The van der Waals surface area contributed by atoms with Gasteiger partial charge in [-0.2, -0.15) is 0 Å². The van der Waals surface area contributed by atoms with Gasteiger partial charge in [-0.05, 0) is 24.6 Å². The second-order valence-corrected chi connectivity index (χ2v) is 7.02. The molecule has 7 heteroatoms. The summed E-state index contributed by atoms with van der Waals surface area (Å²) in [5.41, 5.74) is 0.764. The lowest BCUT2D eigenvalue weighted by Gasteiger charge is -2.42. The van der Waals surface area contributed by atoms with Gasteiger partial charge in [-0.15, -0.1) is 0 Å². The minimum atomic E-state index is -0.536. The second-order valence-electron chi connectivity index (χ2n) is 7.02. The average molecular weight is 371 g/mol. The lowest BCUT2D eigenvalue weighted by Crippen LogP contribution is -2.52. The van der Waals surface area contributed by atoms with Crippen molar-refractivity contribution in [3.8, 4) is 5.75 Å². The van der Waals surface area contributed by atoms with E-state index in [2.05, 4.69) is 10.6 Å². The second kappa shape index (κ2) is 7.52. The number of hydrogen-bond donors (Lipinski definition) is 2. The number of rotatable bonds is 5. The molecule has 6 nitrogen and oxygen atoms in total. The first kappa shape index (κ1) is 17.7. The summed E-state index contributed by atoms with van der Waals surface area (Å²) in [6.07, 6.45) is 0.889. The summed E-state index contributed by atoms with van der Waals surface area (Å²) in [7, 11) is 0. The highest BCUT2D eigenvalue weighted by Crippen LogP contribution is 2.38. The number of ether oxygens (including phenoxy) is 1. The molecule has 1 saturated heterocycles. The first-order valence-electron chi connectivity index (χ1n) is 9.22. The van der Waals surface area contributed by atoms with Crippen molar-refractivity contribution < 1.29 is 13.9 Å². The number of pyridine rings is 1. The minimum Gasteiger partial charge on any atom is -0.489 e. The number of halogens is 1. The van der Waals surface area contributed by atoms with Crippen molar-refractivity contribution in [3.63, 3.8) is 0 Å². The highest BCUT2D eigenvalue weighted by Gasteiger charge is 2.41. The van der Waals surface area contributed by atoms with E-state index in [-0.39, 0.29) is 42.2 Å². The molecule has 2 N–H and O–H groups in total. The lowest BCUT2D eigenvalue weighted by molar-refractivity contribution is -0.127. The zero-order valence-corrected chi connectivity index (χ0v) is 14.9. The Bertz CT molecular complexity index is 898. The standard InChI is InChI=1S/C20H22FN3O3/c21-15-4-1-2-6-17(15)27-9-8-23-20(26)19-14-10-13(11-22-12-14)16-5-3-7-18(25)24(16)19/h1-7,13-14,19,22H,8-12H2,(H,23,26)/t13-,14+,19-/m1/s1. The van der Waals surface area contributed by atoms with Gasteiger partial charge < -0.3 is 15.4 Å². The largest absolute Gasteiger partial charge is 0.489 e. The number of piperidine rings is 1. The summed E-state index contributed by atoms with van der Waals surface area (Å²) in [6, 6.07) is 10.8. The Hall–Kier alpha value is -2.67. The number of nitrogens with one attached hydrogen (secondary N) is 2. The molecule has 27 heavy (non-hydrogen) atoms. The minimum absolute atomic E-state index is 0.0730. The smallest absolute Gasteiger partial charge is 0.251 e. The zero-order chi connectivity index (χ0) is 18.8. The molecule has 2 bridgehead atoms. The van der Waals surface area contributed by atoms with Crippen LogP contribution in [0.3, 0.4) is 0 Å². The molecule has 142 valence electrons. The van der Waals surface area contributed by atoms with E-state index >= 15 is 0 Å². The summed E-state index contributed by atoms with van der Waals surface area (Å²) in [5, 5.41) is 6.20. The van der Waals surface area contributed by atoms with Gasteiger partial charge in [0, 0.05) is 36.7 Å². The van der Waals surface area contributed by atoms with Crippen molar-refractivity contribution in [2.75, 3.05) is 26.2 Å². The van der Waals surface area contributed by atoms with Gasteiger partial charge in [-0.25, -0.2) is 4.39 Å². The van der Waals surface area contributed by atoms with Gasteiger partial charge in [0.05, 0.1) is 6.54 Å². The summed E-state index contributed by atoms with van der Waals surface area (Å²) in [6.45, 7) is 1.93. The third-order valence-electron chi connectivity index (χ3n) is 5.31. The number of amides is 1. The van der Waals surface area contributed by atoms with Crippen LogP contribution < -0.4 is 20.9 Å². The summed E-state index contributed by atoms with van der Waals surface area (Å²) in [5.74, 6) is -0.148. The molecule has 0 radical (unpaired) electrons. The monoisotopic (exact) mass is 371 g/mol. The number of nitrogens with zero attached hydrogens (tertiary/aromatic N) is 1. The molecular formula is C20H22FN3O3. The zero-order valence-electron chi connectivity index (χ0n) is 14.9. The Labute approximate surface area is 156 Å². The van der Waals surface area contributed by atoms with Crippen LogP contribution in [0, 0.1) is 11.7 Å². The molecule has 1 aromatic carbocycles. The molecule has 0 spiro atoms. The fourth-order valence-corrected chi connectivity index (χ4v) is 4.13. The van der Waals surface area contributed by atoms with E-state index in [0.717, 1.165) is 18.7 Å². The van der Waals surface area contributed by atoms with Gasteiger partial charge >= 0.3 is 0 Å². The predicted octanol–water partition coefficient (Wildman–Crippen LogP) is 1.43. The van der Waals surface area contributed by atoms with Crippen molar-refractivity contribution in [3.05, 3.63) is 64.3 Å². The van der Waals surface area contributed by atoms with E-state index in [0.29, 0.717) is 6.54 Å². The molecule has 2 aromatic rings. The Morgan fingerprint density at radius 3 is 2.93 bits per heavy atom. The van der Waals surface area contributed by atoms with E-state index in [1.165, 1.54) is 12.1 Å². The van der Waals surface area contributed by atoms with Crippen molar-refractivity contribution >= 4 is 5.91 Å². The molecule has 2 aliphatic heterocycles. The maximum Gasteiger partial charge on any atom is 0.251 e. The lowest BCUT2D eigenvalue weighted by atomic mass is 9.79. The molecule has 0 aliphatic carbocycles. The van der Waals surface area contributed by atoms with Gasteiger partial charge in [-0.1, -0.05) is 18.2 Å².